The average Bonchev–Trinajstić information content (AvgIpc) is 2.44. The van der Waals surface area contributed by atoms with E-state index in [1.807, 2.05) is 12.1 Å². The second-order valence-corrected chi connectivity index (χ2v) is 6.72. The molecule has 21 heavy (non-hydrogen) atoms. The molecule has 1 saturated heterocycles. The maximum atomic E-state index is 10.3. The van der Waals surface area contributed by atoms with Crippen molar-refractivity contribution in [3.63, 3.8) is 0 Å². The highest BCUT2D eigenvalue weighted by Crippen LogP contribution is 2.16. The molecule has 1 aromatic carbocycles. The zero-order chi connectivity index (χ0) is 15.4. The van der Waals surface area contributed by atoms with E-state index in [0.717, 1.165) is 12.3 Å². The third-order valence-electron chi connectivity index (χ3n) is 4.93. The van der Waals surface area contributed by atoms with Crippen LogP contribution in [-0.4, -0.2) is 36.4 Å². The number of likely N-dealkylation sites (tertiary alicyclic amines) is 1. The van der Waals surface area contributed by atoms with Crippen molar-refractivity contribution in [1.29, 1.82) is 0 Å². The first-order valence-corrected chi connectivity index (χ1v) is 8.21. The smallest absolute Gasteiger partial charge is 0.137 e. The summed E-state index contributed by atoms with van der Waals surface area (Å²) in [6.07, 6.45) is 3.46. The van der Waals surface area contributed by atoms with Crippen molar-refractivity contribution in [3.8, 4) is 5.75 Å². The third-order valence-corrected chi connectivity index (χ3v) is 4.93. The molecule has 1 aromatic rings. The highest BCUT2D eigenvalue weighted by Gasteiger charge is 2.30. The van der Waals surface area contributed by atoms with E-state index in [0.29, 0.717) is 18.7 Å². The summed E-state index contributed by atoms with van der Waals surface area (Å²) in [6.45, 7) is 9.93. The van der Waals surface area contributed by atoms with Crippen LogP contribution in [0.15, 0.2) is 18.2 Å². The first-order valence-electron chi connectivity index (χ1n) is 8.21. The highest BCUT2D eigenvalue weighted by molar-refractivity contribution is 5.33. The maximum Gasteiger partial charge on any atom is 0.137 e. The Morgan fingerprint density at radius 1 is 1.19 bits per heavy atom. The minimum atomic E-state index is -0.399. The van der Waals surface area contributed by atoms with Gasteiger partial charge >= 0.3 is 0 Å². The van der Waals surface area contributed by atoms with Crippen LogP contribution in [-0.2, 0) is 0 Å². The lowest BCUT2D eigenvalue weighted by Gasteiger charge is -2.36. The molecule has 0 aliphatic carbocycles. The lowest BCUT2D eigenvalue weighted by Crippen LogP contribution is -3.20. The van der Waals surface area contributed by atoms with Gasteiger partial charge in [-0.05, 0) is 70.2 Å². The molecule has 1 heterocycles. The Hall–Kier alpha value is -1.06. The van der Waals surface area contributed by atoms with Crippen LogP contribution >= 0.6 is 0 Å². The van der Waals surface area contributed by atoms with Gasteiger partial charge in [0, 0.05) is 0 Å². The van der Waals surface area contributed by atoms with Gasteiger partial charge in [0.05, 0.1) is 12.1 Å². The summed E-state index contributed by atoms with van der Waals surface area (Å²) in [4.78, 5) is 1.53. The number of benzene rings is 1. The van der Waals surface area contributed by atoms with Gasteiger partial charge in [-0.25, -0.2) is 0 Å². The fourth-order valence-electron chi connectivity index (χ4n) is 3.32. The van der Waals surface area contributed by atoms with Crippen LogP contribution in [0.25, 0.3) is 0 Å². The zero-order valence-corrected chi connectivity index (χ0v) is 13.9. The molecule has 3 nitrogen and oxygen atoms in total. The monoisotopic (exact) mass is 292 g/mol. The largest absolute Gasteiger partial charge is 0.491 e. The molecule has 3 atom stereocenters. The normalized spacial score (nSPS) is 24.8. The molecule has 0 spiro atoms. The fraction of sp³-hybridized carbons (Fsp3) is 0.667. The van der Waals surface area contributed by atoms with Gasteiger partial charge in [0.2, 0.25) is 0 Å². The molecule has 1 fully saturated rings. The van der Waals surface area contributed by atoms with Crippen LogP contribution in [0.4, 0.5) is 0 Å². The lowest BCUT2D eigenvalue weighted by molar-refractivity contribution is -0.954. The first-order chi connectivity index (χ1) is 9.97. The number of nitrogens with one attached hydrogen (secondary N) is 1. The molecule has 0 bridgehead atoms. The van der Waals surface area contributed by atoms with Crippen molar-refractivity contribution in [3.05, 3.63) is 29.3 Å². The number of rotatable bonds is 5. The molecule has 3 heteroatoms. The van der Waals surface area contributed by atoms with E-state index in [-0.39, 0.29) is 0 Å². The Kier molecular flexibility index (Phi) is 5.65. The summed E-state index contributed by atoms with van der Waals surface area (Å²) in [6, 6.07) is 7.38. The van der Waals surface area contributed by atoms with E-state index in [9.17, 15) is 5.11 Å². The summed E-state index contributed by atoms with van der Waals surface area (Å²) in [5, 5.41) is 10.3. The quantitative estimate of drug-likeness (QED) is 0.869. The molecule has 0 unspecified atom stereocenters. The van der Waals surface area contributed by atoms with Crippen molar-refractivity contribution in [2.75, 3.05) is 13.2 Å². The van der Waals surface area contributed by atoms with Gasteiger partial charge in [-0.3, -0.25) is 0 Å². The Bertz CT molecular complexity index is 451. The number of aliphatic hydroxyl groups is 1. The molecule has 118 valence electrons. The van der Waals surface area contributed by atoms with Gasteiger partial charge in [0.1, 0.15) is 25.0 Å². The fourth-order valence-corrected chi connectivity index (χ4v) is 3.32. The van der Waals surface area contributed by atoms with E-state index >= 15 is 0 Å². The Labute approximate surface area is 128 Å². The number of ether oxygens (including phenoxy) is 1. The minimum absolute atomic E-state index is 0.380. The van der Waals surface area contributed by atoms with Gasteiger partial charge in [-0.15, -0.1) is 0 Å². The summed E-state index contributed by atoms with van der Waals surface area (Å²) >= 11 is 0. The summed E-state index contributed by atoms with van der Waals surface area (Å²) in [7, 11) is 0. The lowest BCUT2D eigenvalue weighted by atomic mass is 9.97. The molecule has 2 N–H and O–H groups in total. The first kappa shape index (κ1) is 16.3. The molecule has 2 rings (SSSR count). The summed E-state index contributed by atoms with van der Waals surface area (Å²) < 4.78 is 5.75. The van der Waals surface area contributed by atoms with Crippen LogP contribution in [0.3, 0.4) is 0 Å². The molecule has 0 aromatic heterocycles. The number of quaternary nitrogens is 1. The van der Waals surface area contributed by atoms with Gasteiger partial charge in [0.15, 0.2) is 0 Å². The summed E-state index contributed by atoms with van der Waals surface area (Å²) in [5.41, 5.74) is 2.49. The highest BCUT2D eigenvalue weighted by atomic mass is 16.5. The van der Waals surface area contributed by atoms with Crippen molar-refractivity contribution >= 4 is 0 Å². The second kappa shape index (κ2) is 7.28. The number of aryl methyl sites for hydroxylation is 2. The Morgan fingerprint density at radius 2 is 1.86 bits per heavy atom. The molecule has 1 aliphatic heterocycles. The van der Waals surface area contributed by atoms with Crippen molar-refractivity contribution in [2.24, 2.45) is 0 Å². The topological polar surface area (TPSA) is 33.9 Å². The predicted molar refractivity (Wildman–Crippen MR) is 86.0 cm³/mol. The van der Waals surface area contributed by atoms with Crippen molar-refractivity contribution in [2.45, 2.75) is 65.1 Å². The number of hydrogen-bond donors (Lipinski definition) is 2. The number of hydrogen-bond acceptors (Lipinski definition) is 2. The zero-order valence-electron chi connectivity index (χ0n) is 13.9. The van der Waals surface area contributed by atoms with Crippen LogP contribution in [0, 0.1) is 13.8 Å². The molecule has 0 amide bonds. The number of aliphatic hydroxyl groups excluding tert-OH is 1. The van der Waals surface area contributed by atoms with E-state index in [4.69, 9.17) is 4.74 Å². The SMILES string of the molecule is Cc1ccc(OC[C@H](O)C[NH+]2[C@H](C)CCC[C@H]2C)cc1C. The average molecular weight is 292 g/mol. The minimum Gasteiger partial charge on any atom is -0.491 e. The standard InChI is InChI=1S/C18H29NO2/c1-13-8-9-18(10-14(13)2)21-12-17(20)11-19-15(3)6-5-7-16(19)4/h8-10,15-17,20H,5-7,11-12H2,1-4H3/p+1/t15-,16-,17-/m1/s1. The molecular formula is C18H30NO2+. The predicted octanol–water partition coefficient (Wildman–Crippen LogP) is 1.89. The van der Waals surface area contributed by atoms with E-state index in [2.05, 4.69) is 33.8 Å². The van der Waals surface area contributed by atoms with E-state index in [1.54, 1.807) is 0 Å². The molecule has 1 aliphatic rings. The van der Waals surface area contributed by atoms with Crippen molar-refractivity contribution < 1.29 is 14.7 Å². The molecular weight excluding hydrogens is 262 g/mol. The molecule has 0 saturated carbocycles. The Balaban J connectivity index is 1.83. The second-order valence-electron chi connectivity index (χ2n) is 6.72. The summed E-state index contributed by atoms with van der Waals surface area (Å²) in [5.74, 6) is 0.854. The Morgan fingerprint density at radius 3 is 2.48 bits per heavy atom. The third kappa shape index (κ3) is 4.45. The van der Waals surface area contributed by atoms with Crippen LogP contribution in [0.5, 0.6) is 5.75 Å². The van der Waals surface area contributed by atoms with Gasteiger partial charge in [-0.1, -0.05) is 6.07 Å². The maximum absolute atomic E-state index is 10.3. The van der Waals surface area contributed by atoms with Crippen LogP contribution < -0.4 is 9.64 Å². The van der Waals surface area contributed by atoms with Crippen molar-refractivity contribution in [1.82, 2.24) is 0 Å². The molecule has 0 radical (unpaired) electrons. The van der Waals surface area contributed by atoms with Crippen LogP contribution in [0.1, 0.15) is 44.2 Å². The van der Waals surface area contributed by atoms with Gasteiger partial charge < -0.3 is 14.7 Å². The van der Waals surface area contributed by atoms with Gasteiger partial charge in [-0.2, -0.15) is 0 Å². The number of piperidine rings is 1. The van der Waals surface area contributed by atoms with E-state index < -0.39 is 6.10 Å². The van der Waals surface area contributed by atoms with Gasteiger partial charge in [0.25, 0.3) is 0 Å². The van der Waals surface area contributed by atoms with E-state index in [1.165, 1.54) is 35.3 Å². The van der Waals surface area contributed by atoms with Crippen LogP contribution in [0.2, 0.25) is 0 Å².